The van der Waals surface area contributed by atoms with E-state index < -0.39 is 0 Å². The summed E-state index contributed by atoms with van der Waals surface area (Å²) >= 11 is 0. The Labute approximate surface area is 204 Å². The summed E-state index contributed by atoms with van der Waals surface area (Å²) in [6, 6.07) is 20.7. The van der Waals surface area contributed by atoms with E-state index in [0.717, 1.165) is 17.1 Å². The van der Waals surface area contributed by atoms with Gasteiger partial charge in [0.05, 0.1) is 25.5 Å². The third-order valence-corrected chi connectivity index (χ3v) is 6.28. The SMILES string of the molecule is COc1ccccc1NC(=O)N1CCN(C2=Nc3ccccc3Oc3c(OC)cccc32)CC1C. The van der Waals surface area contributed by atoms with Gasteiger partial charge in [0.15, 0.2) is 17.2 Å². The Hall–Kier alpha value is -4.20. The monoisotopic (exact) mass is 472 g/mol. The fourth-order valence-electron chi connectivity index (χ4n) is 4.51. The molecule has 0 aliphatic carbocycles. The van der Waals surface area contributed by atoms with Crippen molar-refractivity contribution < 1.29 is 19.0 Å². The van der Waals surface area contributed by atoms with Gasteiger partial charge in [0.2, 0.25) is 0 Å². The van der Waals surface area contributed by atoms with E-state index in [4.69, 9.17) is 19.2 Å². The minimum Gasteiger partial charge on any atom is -0.495 e. The Morgan fingerprint density at radius 3 is 2.51 bits per heavy atom. The van der Waals surface area contributed by atoms with Crippen LogP contribution in [-0.4, -0.2) is 61.6 Å². The molecule has 0 saturated carbocycles. The fourth-order valence-corrected chi connectivity index (χ4v) is 4.51. The van der Waals surface area contributed by atoms with Crippen molar-refractivity contribution in [2.75, 3.05) is 39.2 Å². The molecule has 0 aromatic heterocycles. The number of piperazine rings is 1. The van der Waals surface area contributed by atoms with Gasteiger partial charge in [-0.25, -0.2) is 9.79 Å². The zero-order valence-corrected chi connectivity index (χ0v) is 20.0. The van der Waals surface area contributed by atoms with Crippen LogP contribution in [0.2, 0.25) is 0 Å². The third-order valence-electron chi connectivity index (χ3n) is 6.28. The molecule has 5 rings (SSSR count). The largest absolute Gasteiger partial charge is 0.495 e. The Morgan fingerprint density at radius 1 is 0.971 bits per heavy atom. The predicted molar refractivity (Wildman–Crippen MR) is 135 cm³/mol. The van der Waals surface area contributed by atoms with E-state index >= 15 is 0 Å². The molecule has 2 aliphatic rings. The minimum atomic E-state index is -0.153. The molecule has 2 aliphatic heterocycles. The van der Waals surface area contributed by atoms with Gasteiger partial charge in [-0.15, -0.1) is 0 Å². The van der Waals surface area contributed by atoms with E-state index in [1.807, 2.05) is 78.6 Å². The number of carbonyl (C=O) groups excluding carboxylic acids is 1. The van der Waals surface area contributed by atoms with Crippen molar-refractivity contribution in [1.29, 1.82) is 0 Å². The highest BCUT2D eigenvalue weighted by atomic mass is 16.5. The van der Waals surface area contributed by atoms with E-state index in [-0.39, 0.29) is 12.1 Å². The van der Waals surface area contributed by atoms with E-state index in [1.54, 1.807) is 14.2 Å². The normalized spacial score (nSPS) is 16.8. The lowest BCUT2D eigenvalue weighted by Gasteiger charge is -2.41. The molecule has 0 radical (unpaired) electrons. The van der Waals surface area contributed by atoms with Crippen LogP contribution in [0.5, 0.6) is 23.0 Å². The number of aliphatic imine (C=N–C) groups is 1. The maximum atomic E-state index is 13.1. The fraction of sp³-hybridized carbons (Fsp3) is 0.259. The first-order chi connectivity index (χ1) is 17.1. The average Bonchev–Trinajstić information content (AvgIpc) is 3.05. The summed E-state index contributed by atoms with van der Waals surface area (Å²) in [6.07, 6.45) is 0. The van der Waals surface area contributed by atoms with Gasteiger partial charge < -0.3 is 29.3 Å². The van der Waals surface area contributed by atoms with Gasteiger partial charge in [-0.2, -0.15) is 0 Å². The van der Waals surface area contributed by atoms with Crippen LogP contribution in [0.25, 0.3) is 0 Å². The van der Waals surface area contributed by atoms with Crippen molar-refractivity contribution in [1.82, 2.24) is 9.80 Å². The molecule has 0 bridgehead atoms. The van der Waals surface area contributed by atoms with E-state index in [2.05, 4.69) is 10.2 Å². The molecule has 8 nitrogen and oxygen atoms in total. The molecule has 1 unspecified atom stereocenters. The molecule has 1 fully saturated rings. The van der Waals surface area contributed by atoms with Gasteiger partial charge in [0.1, 0.15) is 17.3 Å². The van der Waals surface area contributed by atoms with Crippen molar-refractivity contribution >= 4 is 23.2 Å². The van der Waals surface area contributed by atoms with Crippen molar-refractivity contribution in [3.8, 4) is 23.0 Å². The molecule has 3 aromatic carbocycles. The number of nitrogens with one attached hydrogen (secondary N) is 1. The number of hydrogen-bond donors (Lipinski definition) is 1. The van der Waals surface area contributed by atoms with Crippen LogP contribution in [0.15, 0.2) is 71.7 Å². The molecule has 2 heterocycles. The van der Waals surface area contributed by atoms with Crippen molar-refractivity contribution in [2.24, 2.45) is 4.99 Å². The lowest BCUT2D eigenvalue weighted by molar-refractivity contribution is 0.144. The molecular formula is C27H28N4O4. The second-order valence-electron chi connectivity index (χ2n) is 8.46. The predicted octanol–water partition coefficient (Wildman–Crippen LogP) is 5.13. The van der Waals surface area contributed by atoms with Crippen LogP contribution in [0.1, 0.15) is 12.5 Å². The first-order valence-corrected chi connectivity index (χ1v) is 11.6. The summed E-state index contributed by atoms with van der Waals surface area (Å²) in [5, 5.41) is 2.99. The van der Waals surface area contributed by atoms with Crippen molar-refractivity contribution in [2.45, 2.75) is 13.0 Å². The summed E-state index contributed by atoms with van der Waals surface area (Å²) < 4.78 is 17.2. The molecule has 1 saturated heterocycles. The molecular weight excluding hydrogens is 444 g/mol. The first kappa shape index (κ1) is 22.6. The zero-order chi connectivity index (χ0) is 24.4. The standard InChI is InChI=1S/C27H28N4O4/c1-18-17-30(15-16-31(18)27(32)29-20-10-4-6-12-22(20)33-2)26-19-9-8-14-24(34-3)25(19)35-23-13-7-5-11-21(23)28-26/h4-14,18H,15-17H2,1-3H3,(H,29,32). The lowest BCUT2D eigenvalue weighted by atomic mass is 10.1. The Balaban J connectivity index is 1.41. The van der Waals surface area contributed by atoms with Gasteiger partial charge in [0.25, 0.3) is 0 Å². The number of nitrogens with zero attached hydrogens (tertiary/aromatic N) is 3. The van der Waals surface area contributed by atoms with Gasteiger partial charge in [-0.3, -0.25) is 0 Å². The third kappa shape index (κ3) is 4.35. The Kier molecular flexibility index (Phi) is 6.18. The van der Waals surface area contributed by atoms with E-state index in [1.165, 1.54) is 0 Å². The summed E-state index contributed by atoms with van der Waals surface area (Å²) in [7, 11) is 3.22. The van der Waals surface area contributed by atoms with Gasteiger partial charge in [-0.05, 0) is 43.3 Å². The smallest absolute Gasteiger partial charge is 0.322 e. The van der Waals surface area contributed by atoms with Crippen LogP contribution >= 0.6 is 0 Å². The van der Waals surface area contributed by atoms with Crippen LogP contribution in [0.3, 0.4) is 0 Å². The summed E-state index contributed by atoms with van der Waals surface area (Å²) in [4.78, 5) is 22.2. The molecule has 35 heavy (non-hydrogen) atoms. The van der Waals surface area contributed by atoms with Crippen LogP contribution < -0.4 is 19.5 Å². The molecule has 180 valence electrons. The number of methoxy groups -OCH3 is 2. The number of benzene rings is 3. The van der Waals surface area contributed by atoms with Crippen LogP contribution in [0, 0.1) is 0 Å². The molecule has 2 amide bonds. The van der Waals surface area contributed by atoms with E-state index in [9.17, 15) is 4.79 Å². The Bertz CT molecular complexity index is 1280. The number of amidine groups is 1. The van der Waals surface area contributed by atoms with Gasteiger partial charge in [-0.1, -0.05) is 30.3 Å². The van der Waals surface area contributed by atoms with Crippen LogP contribution in [0.4, 0.5) is 16.2 Å². The maximum absolute atomic E-state index is 13.1. The lowest BCUT2D eigenvalue weighted by Crippen LogP contribution is -2.56. The molecule has 0 spiro atoms. The summed E-state index contributed by atoms with van der Waals surface area (Å²) in [5.41, 5.74) is 2.27. The number of rotatable bonds is 3. The number of ether oxygens (including phenoxy) is 3. The zero-order valence-electron chi connectivity index (χ0n) is 20.0. The highest BCUT2D eigenvalue weighted by Crippen LogP contribution is 2.42. The van der Waals surface area contributed by atoms with Gasteiger partial charge >= 0.3 is 6.03 Å². The van der Waals surface area contributed by atoms with Crippen molar-refractivity contribution in [3.63, 3.8) is 0 Å². The van der Waals surface area contributed by atoms with E-state index in [0.29, 0.717) is 48.3 Å². The number of amides is 2. The maximum Gasteiger partial charge on any atom is 0.322 e. The van der Waals surface area contributed by atoms with Gasteiger partial charge in [0, 0.05) is 25.7 Å². The van der Waals surface area contributed by atoms with Crippen LogP contribution in [-0.2, 0) is 0 Å². The number of para-hydroxylation sites is 5. The number of fused-ring (bicyclic) bond motifs is 2. The number of urea groups is 1. The quantitative estimate of drug-likeness (QED) is 0.572. The average molecular weight is 473 g/mol. The number of carbonyl (C=O) groups is 1. The first-order valence-electron chi connectivity index (χ1n) is 11.6. The van der Waals surface area contributed by atoms with Crippen molar-refractivity contribution in [3.05, 3.63) is 72.3 Å². The second kappa shape index (κ2) is 9.58. The highest BCUT2D eigenvalue weighted by Gasteiger charge is 2.32. The molecule has 1 atom stereocenters. The number of hydrogen-bond acceptors (Lipinski definition) is 6. The summed E-state index contributed by atoms with van der Waals surface area (Å²) in [6.45, 7) is 3.84. The molecule has 8 heteroatoms. The highest BCUT2D eigenvalue weighted by molar-refractivity contribution is 6.04. The molecule has 3 aromatic rings. The minimum absolute atomic E-state index is 0.0466. The Morgan fingerprint density at radius 2 is 1.71 bits per heavy atom. The topological polar surface area (TPSA) is 75.6 Å². The second-order valence-corrected chi connectivity index (χ2v) is 8.46. The summed E-state index contributed by atoms with van der Waals surface area (Å²) in [5.74, 6) is 3.40. The number of anilines is 1. The molecule has 1 N–H and O–H groups in total.